The first-order chi connectivity index (χ1) is 15.3. The molecule has 0 radical (unpaired) electrons. The maximum atomic E-state index is 12.6. The van der Waals surface area contributed by atoms with Crippen molar-refractivity contribution in [1.29, 1.82) is 0 Å². The second-order valence-corrected chi connectivity index (χ2v) is 6.85. The molecule has 11 N–H and O–H groups in total. The van der Waals surface area contributed by atoms with E-state index in [1.165, 1.54) is 0 Å². The van der Waals surface area contributed by atoms with Crippen molar-refractivity contribution in [3.8, 4) is 0 Å². The van der Waals surface area contributed by atoms with Gasteiger partial charge >= 0.3 is 17.9 Å². The molecule has 0 bridgehead atoms. The molecule has 0 rings (SSSR count). The van der Waals surface area contributed by atoms with Crippen molar-refractivity contribution < 1.29 is 54.0 Å². The summed E-state index contributed by atoms with van der Waals surface area (Å²) in [5, 5.41) is 41.6. The van der Waals surface area contributed by atoms with Gasteiger partial charge in [-0.1, -0.05) is 0 Å². The van der Waals surface area contributed by atoms with E-state index >= 15 is 0 Å². The molecule has 0 aliphatic rings. The number of hydrogen-bond acceptors (Lipinski definition) is 9. The van der Waals surface area contributed by atoms with Gasteiger partial charge in [0.1, 0.15) is 18.1 Å². The van der Waals surface area contributed by atoms with Gasteiger partial charge in [-0.15, -0.1) is 0 Å². The molecule has 0 spiro atoms. The standard InChI is InChI=1S/C17H27N5O11/c18-7(1-4-12(25)26)14(29)20-8(2-3-11(19)24)15(30)21-9(5-13(27)28)16(31)22-10(6-23)17(32)33/h7-10,23H,1-6,18H2,(H2,19,24)(H,20,29)(H,21,30)(H,22,31)(H,25,26)(H,27,28)(H,32,33). The molecular formula is C17H27N5O11. The van der Waals surface area contributed by atoms with Gasteiger partial charge < -0.3 is 47.8 Å². The van der Waals surface area contributed by atoms with E-state index in [0.717, 1.165) is 0 Å². The normalized spacial score (nSPS) is 14.1. The summed E-state index contributed by atoms with van der Waals surface area (Å²) >= 11 is 0. The van der Waals surface area contributed by atoms with Crippen LogP contribution in [0.25, 0.3) is 0 Å². The monoisotopic (exact) mass is 477 g/mol. The molecule has 0 aliphatic carbocycles. The lowest BCUT2D eigenvalue weighted by Gasteiger charge is -2.24. The highest BCUT2D eigenvalue weighted by molar-refractivity contribution is 5.95. The number of aliphatic hydroxyl groups is 1. The van der Waals surface area contributed by atoms with Crippen LogP contribution in [0.1, 0.15) is 32.1 Å². The predicted molar refractivity (Wildman–Crippen MR) is 106 cm³/mol. The number of aliphatic carboxylic acids is 3. The van der Waals surface area contributed by atoms with E-state index in [1.54, 1.807) is 0 Å². The van der Waals surface area contributed by atoms with E-state index in [2.05, 4.69) is 5.32 Å². The van der Waals surface area contributed by atoms with E-state index in [0.29, 0.717) is 0 Å². The molecule has 186 valence electrons. The zero-order valence-corrected chi connectivity index (χ0v) is 17.4. The van der Waals surface area contributed by atoms with Crippen LogP contribution >= 0.6 is 0 Å². The minimum atomic E-state index is -1.81. The number of nitrogens with one attached hydrogen (secondary N) is 3. The summed E-state index contributed by atoms with van der Waals surface area (Å²) in [6.45, 7) is -1.01. The highest BCUT2D eigenvalue weighted by Crippen LogP contribution is 2.03. The number of carboxylic acid groups (broad SMARTS) is 3. The summed E-state index contributed by atoms with van der Waals surface area (Å²) in [5.74, 6) is -8.53. The van der Waals surface area contributed by atoms with Gasteiger partial charge in [0.2, 0.25) is 23.6 Å². The lowest BCUT2D eigenvalue weighted by Crippen LogP contribution is -2.58. The molecule has 4 unspecified atom stereocenters. The van der Waals surface area contributed by atoms with Gasteiger partial charge in [0.15, 0.2) is 0 Å². The molecule has 16 heteroatoms. The van der Waals surface area contributed by atoms with Crippen molar-refractivity contribution in [3.63, 3.8) is 0 Å². The number of carbonyl (C=O) groups is 7. The van der Waals surface area contributed by atoms with E-state index in [-0.39, 0.29) is 12.8 Å². The number of carboxylic acids is 3. The van der Waals surface area contributed by atoms with Gasteiger partial charge in [0, 0.05) is 12.8 Å². The third-order valence-electron chi connectivity index (χ3n) is 4.13. The summed E-state index contributed by atoms with van der Waals surface area (Å²) < 4.78 is 0. The Balaban J connectivity index is 5.48. The quantitative estimate of drug-likeness (QED) is 0.101. The Morgan fingerprint density at radius 3 is 1.67 bits per heavy atom. The Kier molecular flexibility index (Phi) is 12.7. The highest BCUT2D eigenvalue weighted by Gasteiger charge is 2.31. The van der Waals surface area contributed by atoms with Gasteiger partial charge in [0.25, 0.3) is 0 Å². The van der Waals surface area contributed by atoms with Crippen molar-refractivity contribution in [2.75, 3.05) is 6.61 Å². The van der Waals surface area contributed by atoms with Crippen LogP contribution < -0.4 is 27.4 Å². The van der Waals surface area contributed by atoms with Gasteiger partial charge in [-0.2, -0.15) is 0 Å². The van der Waals surface area contributed by atoms with Gasteiger partial charge in [-0.3, -0.25) is 28.8 Å². The number of aliphatic hydroxyl groups excluding tert-OH is 1. The third-order valence-corrected chi connectivity index (χ3v) is 4.13. The summed E-state index contributed by atoms with van der Waals surface area (Å²) in [7, 11) is 0. The molecule has 4 atom stereocenters. The van der Waals surface area contributed by atoms with Crippen LogP contribution in [0.2, 0.25) is 0 Å². The van der Waals surface area contributed by atoms with Crippen molar-refractivity contribution >= 4 is 41.5 Å². The molecule has 0 aromatic rings. The van der Waals surface area contributed by atoms with E-state index in [1.807, 2.05) is 10.6 Å². The second kappa shape index (κ2) is 14.3. The molecule has 0 saturated carbocycles. The van der Waals surface area contributed by atoms with Gasteiger partial charge in [-0.05, 0) is 12.8 Å². The van der Waals surface area contributed by atoms with Crippen LogP contribution in [-0.2, 0) is 33.6 Å². The average molecular weight is 477 g/mol. The summed E-state index contributed by atoms with van der Waals surface area (Å²) in [6.07, 6.45) is -2.46. The molecule has 0 heterocycles. The summed E-state index contributed by atoms with van der Waals surface area (Å²) in [4.78, 5) is 80.8. The Morgan fingerprint density at radius 1 is 0.697 bits per heavy atom. The van der Waals surface area contributed by atoms with Crippen molar-refractivity contribution in [3.05, 3.63) is 0 Å². The van der Waals surface area contributed by atoms with Crippen LogP contribution in [0, 0.1) is 0 Å². The Labute approximate surface area is 186 Å². The molecule has 16 nitrogen and oxygen atoms in total. The maximum absolute atomic E-state index is 12.6. The molecule has 0 saturated heterocycles. The highest BCUT2D eigenvalue weighted by atomic mass is 16.4. The number of carbonyl (C=O) groups excluding carboxylic acids is 4. The largest absolute Gasteiger partial charge is 0.481 e. The van der Waals surface area contributed by atoms with Crippen LogP contribution in [0.4, 0.5) is 0 Å². The Bertz CT molecular complexity index is 772. The topological polar surface area (TPSA) is 289 Å². The first-order valence-electron chi connectivity index (χ1n) is 9.50. The van der Waals surface area contributed by atoms with Crippen LogP contribution in [0.5, 0.6) is 0 Å². The van der Waals surface area contributed by atoms with E-state index < -0.39 is 91.6 Å². The molecule has 4 amide bonds. The fraction of sp³-hybridized carbons (Fsp3) is 0.588. The molecule has 0 aliphatic heterocycles. The molecule has 0 fully saturated rings. The van der Waals surface area contributed by atoms with E-state index in [4.69, 9.17) is 31.9 Å². The molecule has 0 aromatic heterocycles. The fourth-order valence-electron chi connectivity index (χ4n) is 2.36. The predicted octanol–water partition coefficient (Wildman–Crippen LogP) is -4.55. The van der Waals surface area contributed by atoms with Crippen LogP contribution in [0.15, 0.2) is 0 Å². The minimum Gasteiger partial charge on any atom is -0.481 e. The Morgan fingerprint density at radius 2 is 1.21 bits per heavy atom. The number of rotatable bonds is 16. The van der Waals surface area contributed by atoms with Crippen LogP contribution in [-0.4, -0.2) is 92.7 Å². The first kappa shape index (κ1) is 29.2. The zero-order valence-electron chi connectivity index (χ0n) is 17.4. The second-order valence-electron chi connectivity index (χ2n) is 6.85. The zero-order chi connectivity index (χ0) is 25.7. The smallest absolute Gasteiger partial charge is 0.328 e. The number of primary amides is 1. The third kappa shape index (κ3) is 12.0. The fourth-order valence-corrected chi connectivity index (χ4v) is 2.36. The maximum Gasteiger partial charge on any atom is 0.328 e. The minimum absolute atomic E-state index is 0.271. The number of amides is 4. The van der Waals surface area contributed by atoms with Gasteiger partial charge in [0.05, 0.1) is 19.1 Å². The summed E-state index contributed by atoms with van der Waals surface area (Å²) in [6, 6.07) is -6.43. The van der Waals surface area contributed by atoms with Crippen molar-refractivity contribution in [2.45, 2.75) is 56.3 Å². The average Bonchev–Trinajstić information content (AvgIpc) is 2.71. The number of hydrogen-bond donors (Lipinski definition) is 9. The molecule has 0 aromatic carbocycles. The van der Waals surface area contributed by atoms with Gasteiger partial charge in [-0.25, -0.2) is 4.79 Å². The van der Waals surface area contributed by atoms with Crippen molar-refractivity contribution in [2.24, 2.45) is 11.5 Å². The molecule has 33 heavy (non-hydrogen) atoms. The first-order valence-corrected chi connectivity index (χ1v) is 9.50. The summed E-state index contributed by atoms with van der Waals surface area (Å²) in [5.41, 5.74) is 10.6. The molecular weight excluding hydrogens is 450 g/mol. The lowest BCUT2D eigenvalue weighted by molar-refractivity contribution is -0.144. The Hall–Kier alpha value is -3.79. The van der Waals surface area contributed by atoms with E-state index in [9.17, 15) is 33.6 Å². The van der Waals surface area contributed by atoms with Crippen LogP contribution in [0.3, 0.4) is 0 Å². The lowest BCUT2D eigenvalue weighted by atomic mass is 10.1. The SMILES string of the molecule is NC(=O)CCC(NC(=O)C(N)CCC(=O)O)C(=O)NC(CC(=O)O)C(=O)NC(CO)C(=O)O. The van der Waals surface area contributed by atoms with Crippen molar-refractivity contribution in [1.82, 2.24) is 16.0 Å². The number of nitrogens with two attached hydrogens (primary N) is 2.